The van der Waals surface area contributed by atoms with Crippen molar-refractivity contribution in [1.82, 2.24) is 24.9 Å². The molecule has 0 fully saturated rings. The van der Waals surface area contributed by atoms with Crippen molar-refractivity contribution in [2.45, 2.75) is 13.5 Å². The molecule has 1 aromatic carbocycles. The number of fused-ring (bicyclic) bond motifs is 1. The predicted molar refractivity (Wildman–Crippen MR) is 81.1 cm³/mol. The quantitative estimate of drug-likeness (QED) is 0.582. The lowest BCUT2D eigenvalue weighted by Crippen LogP contribution is -2.02. The predicted octanol–water partition coefficient (Wildman–Crippen LogP) is 2.98. The van der Waals surface area contributed by atoms with E-state index in [1.54, 1.807) is 36.1 Å². The lowest BCUT2D eigenvalue weighted by molar-refractivity contribution is 0.364. The van der Waals surface area contributed by atoms with Crippen LogP contribution in [-0.4, -0.2) is 24.9 Å². The molecule has 0 aliphatic carbocycles. The summed E-state index contributed by atoms with van der Waals surface area (Å²) in [4.78, 5) is 8.59. The number of aromatic nitrogens is 5. The van der Waals surface area contributed by atoms with Gasteiger partial charge in [-0.1, -0.05) is 17.3 Å². The zero-order chi connectivity index (χ0) is 15.8. The number of aryl methyl sites for hydroxylation is 1. The van der Waals surface area contributed by atoms with Gasteiger partial charge in [-0.25, -0.2) is 4.39 Å². The number of hydrogen-bond acceptors (Lipinski definition) is 5. The van der Waals surface area contributed by atoms with Crippen molar-refractivity contribution >= 4 is 11.0 Å². The van der Waals surface area contributed by atoms with Gasteiger partial charge in [0.1, 0.15) is 17.9 Å². The maximum Gasteiger partial charge on any atom is 0.248 e. The molecule has 23 heavy (non-hydrogen) atoms. The first kappa shape index (κ1) is 13.6. The summed E-state index contributed by atoms with van der Waals surface area (Å²) in [5.74, 6) is 0.806. The minimum absolute atomic E-state index is 0.264. The second-order valence-corrected chi connectivity index (χ2v) is 5.17. The zero-order valence-corrected chi connectivity index (χ0v) is 12.3. The average molecular weight is 309 g/mol. The highest BCUT2D eigenvalue weighted by Crippen LogP contribution is 2.23. The van der Waals surface area contributed by atoms with Crippen LogP contribution in [0, 0.1) is 12.7 Å². The van der Waals surface area contributed by atoms with E-state index >= 15 is 0 Å². The Labute approximate surface area is 130 Å². The third-order valence-corrected chi connectivity index (χ3v) is 3.53. The van der Waals surface area contributed by atoms with Gasteiger partial charge in [-0.2, -0.15) is 10.1 Å². The van der Waals surface area contributed by atoms with E-state index in [4.69, 9.17) is 4.52 Å². The van der Waals surface area contributed by atoms with Crippen molar-refractivity contribution in [3.05, 3.63) is 60.3 Å². The maximum absolute atomic E-state index is 13.1. The van der Waals surface area contributed by atoms with Crippen LogP contribution in [-0.2, 0) is 6.54 Å². The van der Waals surface area contributed by atoms with E-state index in [0.717, 1.165) is 22.2 Å². The summed E-state index contributed by atoms with van der Waals surface area (Å²) in [7, 11) is 0. The van der Waals surface area contributed by atoms with Crippen molar-refractivity contribution in [2.24, 2.45) is 0 Å². The number of benzene rings is 1. The Kier molecular flexibility index (Phi) is 3.11. The van der Waals surface area contributed by atoms with E-state index in [0.29, 0.717) is 18.3 Å². The lowest BCUT2D eigenvalue weighted by Gasteiger charge is -2.03. The van der Waals surface area contributed by atoms with E-state index in [-0.39, 0.29) is 5.82 Å². The second kappa shape index (κ2) is 5.28. The van der Waals surface area contributed by atoms with Gasteiger partial charge in [-0.3, -0.25) is 9.67 Å². The SMILES string of the molecule is Cc1noc(Cn2ncc3ncc(-c4ccc(F)cc4)cc32)n1. The first-order valence-electron chi connectivity index (χ1n) is 7.06. The highest BCUT2D eigenvalue weighted by Gasteiger charge is 2.10. The number of hydrogen-bond donors (Lipinski definition) is 0. The van der Waals surface area contributed by atoms with E-state index in [9.17, 15) is 4.39 Å². The smallest absolute Gasteiger partial charge is 0.248 e. The van der Waals surface area contributed by atoms with Gasteiger partial charge in [-0.05, 0) is 30.7 Å². The molecule has 0 amide bonds. The van der Waals surface area contributed by atoms with E-state index < -0.39 is 0 Å². The molecule has 4 aromatic rings. The van der Waals surface area contributed by atoms with Crippen LogP contribution < -0.4 is 0 Å². The number of halogens is 1. The standard InChI is InChI=1S/C16H12FN5O/c1-10-20-16(23-21-10)9-22-15-6-12(7-18-14(15)8-19-22)11-2-4-13(17)5-3-11/h2-8H,9H2,1H3. The lowest BCUT2D eigenvalue weighted by atomic mass is 10.1. The fourth-order valence-electron chi connectivity index (χ4n) is 2.42. The molecule has 0 atom stereocenters. The summed E-state index contributed by atoms with van der Waals surface area (Å²) < 4.78 is 19.9. The minimum Gasteiger partial charge on any atom is -0.337 e. The van der Waals surface area contributed by atoms with Crippen molar-refractivity contribution in [3.63, 3.8) is 0 Å². The van der Waals surface area contributed by atoms with Gasteiger partial charge >= 0.3 is 0 Å². The molecule has 0 saturated carbocycles. The first-order valence-corrected chi connectivity index (χ1v) is 7.06. The number of nitrogens with zero attached hydrogens (tertiary/aromatic N) is 5. The van der Waals surface area contributed by atoms with Crippen LogP contribution >= 0.6 is 0 Å². The summed E-state index contributed by atoms with van der Waals surface area (Å²) in [6.45, 7) is 2.14. The third kappa shape index (κ3) is 2.57. The average Bonchev–Trinajstić information content (AvgIpc) is 3.15. The van der Waals surface area contributed by atoms with Crippen LogP contribution in [0.4, 0.5) is 4.39 Å². The fraction of sp³-hybridized carbons (Fsp3) is 0.125. The summed E-state index contributed by atoms with van der Waals surface area (Å²) in [6.07, 6.45) is 3.44. The van der Waals surface area contributed by atoms with Crippen LogP contribution in [0.25, 0.3) is 22.2 Å². The molecule has 7 heteroatoms. The second-order valence-electron chi connectivity index (χ2n) is 5.17. The molecule has 0 unspecified atom stereocenters. The molecule has 0 saturated heterocycles. The Hall–Kier alpha value is -3.09. The molecular formula is C16H12FN5O. The minimum atomic E-state index is -0.264. The van der Waals surface area contributed by atoms with Crippen LogP contribution in [0.15, 0.2) is 47.2 Å². The topological polar surface area (TPSA) is 69.6 Å². The van der Waals surface area contributed by atoms with Gasteiger partial charge in [-0.15, -0.1) is 0 Å². The highest BCUT2D eigenvalue weighted by molar-refractivity contribution is 5.80. The molecule has 0 N–H and O–H groups in total. The molecule has 0 bridgehead atoms. The normalized spacial score (nSPS) is 11.2. The molecule has 0 aliphatic rings. The third-order valence-electron chi connectivity index (χ3n) is 3.53. The van der Waals surface area contributed by atoms with Gasteiger partial charge in [0.2, 0.25) is 5.89 Å². The molecule has 6 nitrogen and oxygen atoms in total. The molecule has 4 rings (SSSR count). The van der Waals surface area contributed by atoms with E-state index in [2.05, 4.69) is 20.2 Å². The molecule has 3 aromatic heterocycles. The Balaban J connectivity index is 1.75. The fourth-order valence-corrected chi connectivity index (χ4v) is 2.42. The Bertz CT molecular complexity index is 974. The summed E-state index contributed by atoms with van der Waals surface area (Å²) in [5.41, 5.74) is 3.40. The zero-order valence-electron chi connectivity index (χ0n) is 12.3. The van der Waals surface area contributed by atoms with Crippen molar-refractivity contribution in [2.75, 3.05) is 0 Å². The van der Waals surface area contributed by atoms with Gasteiger partial charge in [0.15, 0.2) is 5.82 Å². The van der Waals surface area contributed by atoms with Crippen LogP contribution in [0.1, 0.15) is 11.7 Å². The van der Waals surface area contributed by atoms with Gasteiger partial charge in [0.05, 0.1) is 11.7 Å². The van der Waals surface area contributed by atoms with Crippen LogP contribution in [0.2, 0.25) is 0 Å². The van der Waals surface area contributed by atoms with E-state index in [1.807, 2.05) is 6.07 Å². The molecule has 0 radical (unpaired) electrons. The van der Waals surface area contributed by atoms with Crippen molar-refractivity contribution in [1.29, 1.82) is 0 Å². The maximum atomic E-state index is 13.1. The van der Waals surface area contributed by atoms with Gasteiger partial charge in [0, 0.05) is 11.8 Å². The highest BCUT2D eigenvalue weighted by atomic mass is 19.1. The Morgan fingerprint density at radius 2 is 1.96 bits per heavy atom. The summed E-state index contributed by atoms with van der Waals surface area (Å²) >= 11 is 0. The largest absolute Gasteiger partial charge is 0.337 e. The summed E-state index contributed by atoms with van der Waals surface area (Å²) in [5, 5.41) is 8.09. The van der Waals surface area contributed by atoms with Crippen molar-refractivity contribution in [3.8, 4) is 11.1 Å². The molecule has 3 heterocycles. The molecular weight excluding hydrogens is 297 g/mol. The van der Waals surface area contributed by atoms with Crippen LogP contribution in [0.3, 0.4) is 0 Å². The van der Waals surface area contributed by atoms with Crippen molar-refractivity contribution < 1.29 is 8.91 Å². The number of pyridine rings is 1. The Morgan fingerprint density at radius 3 is 2.70 bits per heavy atom. The monoisotopic (exact) mass is 309 g/mol. The molecule has 114 valence electrons. The Morgan fingerprint density at radius 1 is 1.13 bits per heavy atom. The molecule has 0 aliphatic heterocycles. The molecule has 0 spiro atoms. The van der Waals surface area contributed by atoms with Gasteiger partial charge in [0.25, 0.3) is 0 Å². The van der Waals surface area contributed by atoms with Gasteiger partial charge < -0.3 is 4.52 Å². The first-order chi connectivity index (χ1) is 11.2. The summed E-state index contributed by atoms with van der Waals surface area (Å²) in [6, 6.07) is 8.27. The number of rotatable bonds is 3. The van der Waals surface area contributed by atoms with E-state index in [1.165, 1.54) is 12.1 Å². The van der Waals surface area contributed by atoms with Crippen LogP contribution in [0.5, 0.6) is 0 Å².